The molecule has 0 aliphatic carbocycles. The summed E-state index contributed by atoms with van der Waals surface area (Å²) in [5.74, 6) is 0.623. The van der Waals surface area contributed by atoms with Crippen LogP contribution in [0.15, 0.2) is 66.9 Å². The molecule has 158 valence electrons. The first-order chi connectivity index (χ1) is 15.1. The van der Waals surface area contributed by atoms with Gasteiger partial charge >= 0.3 is 5.97 Å². The molecule has 0 saturated carbocycles. The van der Waals surface area contributed by atoms with Gasteiger partial charge in [0.1, 0.15) is 17.9 Å². The molecule has 2 aromatic heterocycles. The van der Waals surface area contributed by atoms with E-state index in [-0.39, 0.29) is 5.88 Å². The third-order valence-electron chi connectivity index (χ3n) is 5.18. The summed E-state index contributed by atoms with van der Waals surface area (Å²) in [5, 5.41) is 0.760. The number of aromatic nitrogens is 2. The van der Waals surface area contributed by atoms with Gasteiger partial charge in [-0.2, -0.15) is 0 Å². The summed E-state index contributed by atoms with van der Waals surface area (Å²) in [5.41, 5.74) is 4.11. The van der Waals surface area contributed by atoms with Crippen molar-refractivity contribution in [2.75, 3.05) is 14.2 Å². The fourth-order valence-electron chi connectivity index (χ4n) is 3.64. The van der Waals surface area contributed by atoms with E-state index >= 15 is 0 Å². The number of carbonyl (C=O) groups is 1. The molecule has 0 unspecified atom stereocenters. The van der Waals surface area contributed by atoms with Crippen LogP contribution in [0.25, 0.3) is 10.9 Å². The molecule has 0 bridgehead atoms. The lowest BCUT2D eigenvalue weighted by atomic mass is 10.1. The molecule has 0 fully saturated rings. The van der Waals surface area contributed by atoms with Gasteiger partial charge in [0.15, 0.2) is 0 Å². The van der Waals surface area contributed by atoms with Gasteiger partial charge in [0.2, 0.25) is 5.88 Å². The van der Waals surface area contributed by atoms with Crippen molar-refractivity contribution in [1.82, 2.24) is 9.55 Å². The van der Waals surface area contributed by atoms with E-state index in [4.69, 9.17) is 14.2 Å². The maximum atomic E-state index is 12.6. The van der Waals surface area contributed by atoms with Gasteiger partial charge in [-0.15, -0.1) is 0 Å². The Hall–Kier alpha value is -3.80. The van der Waals surface area contributed by atoms with Gasteiger partial charge in [-0.05, 0) is 36.2 Å². The molecule has 0 aliphatic heterocycles. The van der Waals surface area contributed by atoms with E-state index < -0.39 is 5.97 Å². The van der Waals surface area contributed by atoms with Crippen molar-refractivity contribution in [3.8, 4) is 11.6 Å². The predicted octanol–water partition coefficient (Wildman–Crippen LogP) is 4.77. The fourth-order valence-corrected chi connectivity index (χ4v) is 3.64. The van der Waals surface area contributed by atoms with E-state index in [1.807, 2.05) is 73.8 Å². The monoisotopic (exact) mass is 416 g/mol. The van der Waals surface area contributed by atoms with Crippen molar-refractivity contribution in [2.45, 2.75) is 20.1 Å². The number of carbonyl (C=O) groups excluding carboxylic acids is 1. The van der Waals surface area contributed by atoms with Crippen LogP contribution in [0.1, 0.15) is 27.2 Å². The van der Waals surface area contributed by atoms with Gasteiger partial charge in [-0.3, -0.25) is 0 Å². The second-order valence-electron chi connectivity index (χ2n) is 7.20. The van der Waals surface area contributed by atoms with Gasteiger partial charge in [-0.1, -0.05) is 42.5 Å². The number of nitrogens with zero attached hydrogens (tertiary/aromatic N) is 2. The Morgan fingerprint density at radius 1 is 0.968 bits per heavy atom. The Morgan fingerprint density at radius 3 is 2.39 bits per heavy atom. The summed E-state index contributed by atoms with van der Waals surface area (Å²) in [6.07, 6.45) is 1.96. The SMILES string of the molecule is COC(=O)c1c(OCc2ccccc2)nc(C)c2c1ccn2Cc1ccc(OC)cc1. The highest BCUT2D eigenvalue weighted by Crippen LogP contribution is 2.31. The van der Waals surface area contributed by atoms with Gasteiger partial charge < -0.3 is 18.8 Å². The molecule has 6 nitrogen and oxygen atoms in total. The zero-order valence-corrected chi connectivity index (χ0v) is 17.8. The number of aryl methyl sites for hydroxylation is 1. The molecular weight excluding hydrogens is 392 g/mol. The van der Waals surface area contributed by atoms with E-state index in [1.165, 1.54) is 7.11 Å². The molecule has 0 atom stereocenters. The number of benzene rings is 2. The quantitative estimate of drug-likeness (QED) is 0.406. The number of ether oxygens (including phenoxy) is 3. The van der Waals surface area contributed by atoms with Crippen LogP contribution in [0.4, 0.5) is 0 Å². The second-order valence-corrected chi connectivity index (χ2v) is 7.20. The Bertz CT molecular complexity index is 1200. The Kier molecular flexibility index (Phi) is 5.89. The van der Waals surface area contributed by atoms with E-state index in [1.54, 1.807) is 7.11 Å². The van der Waals surface area contributed by atoms with Crippen LogP contribution in [0.3, 0.4) is 0 Å². The third-order valence-corrected chi connectivity index (χ3v) is 5.18. The zero-order chi connectivity index (χ0) is 21.8. The largest absolute Gasteiger partial charge is 0.497 e. The number of esters is 1. The molecule has 6 heteroatoms. The molecule has 31 heavy (non-hydrogen) atoms. The van der Waals surface area contributed by atoms with E-state index in [0.717, 1.165) is 33.5 Å². The molecule has 4 rings (SSSR count). The van der Waals surface area contributed by atoms with Crippen LogP contribution < -0.4 is 9.47 Å². The highest BCUT2D eigenvalue weighted by Gasteiger charge is 2.23. The Labute approximate surface area is 181 Å². The summed E-state index contributed by atoms with van der Waals surface area (Å²) < 4.78 is 18.3. The molecule has 0 aliphatic rings. The number of methoxy groups -OCH3 is 2. The summed E-state index contributed by atoms with van der Waals surface area (Å²) >= 11 is 0. The molecule has 2 heterocycles. The van der Waals surface area contributed by atoms with E-state index in [0.29, 0.717) is 18.7 Å². The summed E-state index contributed by atoms with van der Waals surface area (Å²) in [6, 6.07) is 19.6. The van der Waals surface area contributed by atoms with E-state index in [9.17, 15) is 4.79 Å². The maximum absolute atomic E-state index is 12.6. The topological polar surface area (TPSA) is 62.6 Å². The van der Waals surface area contributed by atoms with Crippen LogP contribution in [0.2, 0.25) is 0 Å². The van der Waals surface area contributed by atoms with Crippen LogP contribution in [0, 0.1) is 6.92 Å². The van der Waals surface area contributed by atoms with E-state index in [2.05, 4.69) is 9.55 Å². The first-order valence-electron chi connectivity index (χ1n) is 9.98. The normalized spacial score (nSPS) is 10.8. The molecular formula is C25H24N2O4. The standard InChI is InChI=1S/C25H24N2O4/c1-17-23-21(13-14-27(23)15-18-9-11-20(29-2)12-10-18)22(25(28)30-3)24(26-17)31-16-19-7-5-4-6-8-19/h4-14H,15-16H2,1-3H3. The molecule has 0 radical (unpaired) electrons. The second kappa shape index (κ2) is 8.92. The fraction of sp³-hybridized carbons (Fsp3) is 0.200. The average Bonchev–Trinajstić information content (AvgIpc) is 3.22. The Morgan fingerprint density at radius 2 is 1.71 bits per heavy atom. The van der Waals surface area contributed by atoms with Crippen LogP contribution in [0.5, 0.6) is 11.6 Å². The summed E-state index contributed by atoms with van der Waals surface area (Å²) in [4.78, 5) is 17.3. The Balaban J connectivity index is 1.72. The first-order valence-corrected chi connectivity index (χ1v) is 9.98. The van der Waals surface area contributed by atoms with Crippen molar-refractivity contribution in [1.29, 1.82) is 0 Å². The minimum absolute atomic E-state index is 0.280. The van der Waals surface area contributed by atoms with Gasteiger partial charge in [0, 0.05) is 18.1 Å². The first kappa shape index (κ1) is 20.5. The van der Waals surface area contributed by atoms with Gasteiger partial charge in [-0.25, -0.2) is 9.78 Å². The van der Waals surface area contributed by atoms with Crippen LogP contribution in [-0.2, 0) is 17.9 Å². The lowest BCUT2D eigenvalue weighted by Gasteiger charge is -2.14. The highest BCUT2D eigenvalue weighted by atomic mass is 16.5. The number of rotatable bonds is 7. The molecule has 2 aromatic carbocycles. The minimum Gasteiger partial charge on any atom is -0.497 e. The van der Waals surface area contributed by atoms with Crippen molar-refractivity contribution >= 4 is 16.9 Å². The minimum atomic E-state index is -0.470. The highest BCUT2D eigenvalue weighted by molar-refractivity contribution is 6.06. The molecule has 0 N–H and O–H groups in total. The van der Waals surface area contributed by atoms with Crippen LogP contribution in [-0.4, -0.2) is 29.7 Å². The average molecular weight is 416 g/mol. The third kappa shape index (κ3) is 4.23. The van der Waals surface area contributed by atoms with Crippen LogP contribution >= 0.6 is 0 Å². The van der Waals surface area contributed by atoms with Crippen molar-refractivity contribution in [3.63, 3.8) is 0 Å². The maximum Gasteiger partial charge on any atom is 0.344 e. The molecule has 0 spiro atoms. The van der Waals surface area contributed by atoms with Crippen molar-refractivity contribution in [3.05, 3.63) is 89.2 Å². The number of pyridine rings is 1. The summed E-state index contributed by atoms with van der Waals surface area (Å²) in [7, 11) is 3.01. The number of fused-ring (bicyclic) bond motifs is 1. The molecule has 4 aromatic rings. The zero-order valence-electron chi connectivity index (χ0n) is 17.8. The lowest BCUT2D eigenvalue weighted by Crippen LogP contribution is -2.10. The van der Waals surface area contributed by atoms with Gasteiger partial charge in [0.25, 0.3) is 0 Å². The molecule has 0 amide bonds. The van der Waals surface area contributed by atoms with Crippen molar-refractivity contribution in [2.24, 2.45) is 0 Å². The summed E-state index contributed by atoms with van der Waals surface area (Å²) in [6.45, 7) is 2.87. The lowest BCUT2D eigenvalue weighted by molar-refractivity contribution is 0.0597. The van der Waals surface area contributed by atoms with Gasteiger partial charge in [0.05, 0.1) is 25.4 Å². The smallest absolute Gasteiger partial charge is 0.344 e. The molecule has 0 saturated heterocycles. The predicted molar refractivity (Wildman–Crippen MR) is 119 cm³/mol. The van der Waals surface area contributed by atoms with Crippen molar-refractivity contribution < 1.29 is 19.0 Å². The number of hydrogen-bond donors (Lipinski definition) is 0. The number of hydrogen-bond acceptors (Lipinski definition) is 5.